The summed E-state index contributed by atoms with van der Waals surface area (Å²) in [5, 5.41) is 10.1. The number of aliphatic hydroxyl groups excluding tert-OH is 1. The Morgan fingerprint density at radius 2 is 2.06 bits per heavy atom. The maximum absolute atomic E-state index is 11.7. The third kappa shape index (κ3) is 2.12. The molecule has 18 heavy (non-hydrogen) atoms. The van der Waals surface area contributed by atoms with Crippen LogP contribution in [0.5, 0.6) is 5.75 Å². The van der Waals surface area contributed by atoms with E-state index in [9.17, 15) is 9.90 Å². The summed E-state index contributed by atoms with van der Waals surface area (Å²) < 4.78 is 4.71. The van der Waals surface area contributed by atoms with Gasteiger partial charge in [-0.15, -0.1) is 0 Å². The van der Waals surface area contributed by atoms with E-state index in [0.717, 1.165) is 11.3 Å². The van der Waals surface area contributed by atoms with E-state index in [4.69, 9.17) is 4.74 Å². The minimum Gasteiger partial charge on any atom is -0.510 e. The second-order valence-electron chi connectivity index (χ2n) is 4.58. The fourth-order valence-electron chi connectivity index (χ4n) is 2.16. The van der Waals surface area contributed by atoms with Crippen molar-refractivity contribution in [1.29, 1.82) is 0 Å². The molecule has 1 N–H and O–H groups in total. The molecule has 2 rings (SSSR count). The first kappa shape index (κ1) is 13.0. The lowest BCUT2D eigenvalue weighted by Crippen LogP contribution is -2.24. The lowest BCUT2D eigenvalue weighted by atomic mass is 9.96. The van der Waals surface area contributed by atoms with E-state index in [2.05, 4.69) is 0 Å². The molecule has 0 radical (unpaired) electrons. The maximum atomic E-state index is 11.7. The van der Waals surface area contributed by atoms with Crippen molar-refractivity contribution in [2.75, 3.05) is 7.11 Å². The van der Waals surface area contributed by atoms with Crippen LogP contribution in [0.4, 0.5) is 0 Å². The molecule has 1 aromatic carbocycles. The third-order valence-electron chi connectivity index (χ3n) is 3.20. The molecule has 0 aromatic heterocycles. The van der Waals surface area contributed by atoms with Crippen molar-refractivity contribution in [1.82, 2.24) is 0 Å². The van der Waals surface area contributed by atoms with Crippen molar-refractivity contribution in [3.8, 4) is 5.75 Å². The van der Waals surface area contributed by atoms with Crippen LogP contribution in [0.3, 0.4) is 0 Å². The number of hydrogen-bond donors (Lipinski definition) is 1. The Balaban J connectivity index is 2.32. The number of thioether (sulfide) groups is 1. The Bertz CT molecular complexity index is 522. The SMILES string of the molecule is COc1ccccc1CC1(C)SC(=O)C(C)=C1O. The van der Waals surface area contributed by atoms with Gasteiger partial charge in [0, 0.05) is 5.57 Å². The van der Waals surface area contributed by atoms with Crippen LogP contribution in [-0.2, 0) is 11.2 Å². The van der Waals surface area contributed by atoms with E-state index >= 15 is 0 Å². The number of methoxy groups -OCH3 is 1. The second-order valence-corrected chi connectivity index (χ2v) is 6.06. The van der Waals surface area contributed by atoms with Crippen LogP contribution in [0, 0.1) is 0 Å². The highest BCUT2D eigenvalue weighted by molar-refractivity contribution is 8.15. The predicted molar refractivity (Wildman–Crippen MR) is 73.0 cm³/mol. The molecule has 0 saturated carbocycles. The molecule has 0 aliphatic carbocycles. The number of carbonyl (C=O) groups is 1. The highest BCUT2D eigenvalue weighted by atomic mass is 32.2. The van der Waals surface area contributed by atoms with Crippen molar-refractivity contribution >= 4 is 16.9 Å². The van der Waals surface area contributed by atoms with Gasteiger partial charge < -0.3 is 9.84 Å². The Labute approximate surface area is 111 Å². The van der Waals surface area contributed by atoms with E-state index in [1.807, 2.05) is 31.2 Å². The highest BCUT2D eigenvalue weighted by Gasteiger charge is 2.42. The molecule has 1 aliphatic rings. The van der Waals surface area contributed by atoms with Crippen molar-refractivity contribution < 1.29 is 14.6 Å². The second kappa shape index (κ2) is 4.69. The molecule has 0 bridgehead atoms. The zero-order valence-electron chi connectivity index (χ0n) is 10.7. The van der Waals surface area contributed by atoms with Crippen molar-refractivity contribution in [2.45, 2.75) is 25.0 Å². The van der Waals surface area contributed by atoms with E-state index in [0.29, 0.717) is 12.0 Å². The van der Waals surface area contributed by atoms with Gasteiger partial charge >= 0.3 is 0 Å². The standard InChI is InChI=1S/C14H16O3S/c1-9-12(15)14(2,18-13(9)16)8-10-6-4-5-7-11(10)17-3/h4-7,15H,8H2,1-3H3. The largest absolute Gasteiger partial charge is 0.510 e. The van der Waals surface area contributed by atoms with Gasteiger partial charge in [0.1, 0.15) is 11.5 Å². The third-order valence-corrected chi connectivity index (χ3v) is 4.48. The molecular weight excluding hydrogens is 248 g/mol. The summed E-state index contributed by atoms with van der Waals surface area (Å²) in [6, 6.07) is 7.67. The number of rotatable bonds is 3. The van der Waals surface area contributed by atoms with Crippen LogP contribution in [0.2, 0.25) is 0 Å². The number of ether oxygens (including phenoxy) is 1. The molecule has 1 aliphatic heterocycles. The van der Waals surface area contributed by atoms with Gasteiger partial charge in [-0.05, 0) is 31.9 Å². The molecule has 0 spiro atoms. The van der Waals surface area contributed by atoms with E-state index < -0.39 is 4.75 Å². The topological polar surface area (TPSA) is 46.5 Å². The molecule has 4 heteroatoms. The summed E-state index contributed by atoms with van der Waals surface area (Å²) in [6.07, 6.45) is 0.566. The summed E-state index contributed by atoms with van der Waals surface area (Å²) in [5.41, 5.74) is 1.45. The van der Waals surface area contributed by atoms with Gasteiger partial charge in [0.25, 0.3) is 0 Å². The zero-order chi connectivity index (χ0) is 13.3. The number of hydrogen-bond acceptors (Lipinski definition) is 4. The minimum absolute atomic E-state index is 0.0510. The summed E-state index contributed by atoms with van der Waals surface area (Å²) in [6.45, 7) is 3.55. The van der Waals surface area contributed by atoms with Crippen molar-refractivity contribution in [3.63, 3.8) is 0 Å². The summed E-state index contributed by atoms with van der Waals surface area (Å²) in [4.78, 5) is 11.7. The first-order valence-electron chi connectivity index (χ1n) is 5.73. The summed E-state index contributed by atoms with van der Waals surface area (Å²) in [7, 11) is 1.62. The van der Waals surface area contributed by atoms with Gasteiger partial charge in [-0.2, -0.15) is 0 Å². The number of carbonyl (C=O) groups excluding carboxylic acids is 1. The molecule has 0 saturated heterocycles. The van der Waals surface area contributed by atoms with Crippen LogP contribution in [0.15, 0.2) is 35.6 Å². The predicted octanol–water partition coefficient (Wildman–Crippen LogP) is 3.10. The van der Waals surface area contributed by atoms with Crippen LogP contribution in [0.25, 0.3) is 0 Å². The maximum Gasteiger partial charge on any atom is 0.219 e. The Kier molecular flexibility index (Phi) is 3.39. The Hall–Kier alpha value is -1.42. The summed E-state index contributed by atoms with van der Waals surface area (Å²) >= 11 is 1.18. The minimum atomic E-state index is -0.587. The van der Waals surface area contributed by atoms with Crippen molar-refractivity contribution in [2.24, 2.45) is 0 Å². The van der Waals surface area contributed by atoms with E-state index in [1.165, 1.54) is 11.8 Å². The molecular formula is C14H16O3S. The van der Waals surface area contributed by atoms with Gasteiger partial charge in [0.2, 0.25) is 5.12 Å². The molecule has 0 amide bonds. The van der Waals surface area contributed by atoms with Gasteiger partial charge in [-0.25, -0.2) is 0 Å². The van der Waals surface area contributed by atoms with Crippen LogP contribution in [-0.4, -0.2) is 22.1 Å². The van der Waals surface area contributed by atoms with Gasteiger partial charge in [0.15, 0.2) is 0 Å². The summed E-state index contributed by atoms with van der Waals surface area (Å²) in [5.74, 6) is 0.965. The molecule has 1 atom stereocenters. The molecule has 3 nitrogen and oxygen atoms in total. The highest BCUT2D eigenvalue weighted by Crippen LogP contribution is 2.45. The van der Waals surface area contributed by atoms with E-state index in [1.54, 1.807) is 14.0 Å². The quantitative estimate of drug-likeness (QED) is 0.911. The molecule has 1 aromatic rings. The monoisotopic (exact) mass is 264 g/mol. The fourth-order valence-corrected chi connectivity index (χ4v) is 3.29. The smallest absolute Gasteiger partial charge is 0.219 e. The average molecular weight is 264 g/mol. The van der Waals surface area contributed by atoms with Crippen molar-refractivity contribution in [3.05, 3.63) is 41.2 Å². The lowest BCUT2D eigenvalue weighted by molar-refractivity contribution is -0.107. The molecule has 0 fully saturated rings. The first-order valence-corrected chi connectivity index (χ1v) is 6.55. The van der Waals surface area contributed by atoms with Gasteiger partial charge in [0.05, 0.1) is 11.9 Å². The van der Waals surface area contributed by atoms with E-state index in [-0.39, 0.29) is 10.9 Å². The fraction of sp³-hybridized carbons (Fsp3) is 0.357. The number of para-hydroxylation sites is 1. The average Bonchev–Trinajstić information content (AvgIpc) is 2.54. The number of benzene rings is 1. The Morgan fingerprint density at radius 3 is 2.61 bits per heavy atom. The Morgan fingerprint density at radius 1 is 1.39 bits per heavy atom. The van der Waals surface area contributed by atoms with Crippen LogP contribution >= 0.6 is 11.8 Å². The van der Waals surface area contributed by atoms with Crippen LogP contribution < -0.4 is 4.74 Å². The molecule has 1 heterocycles. The number of aliphatic hydroxyl groups is 1. The molecule has 96 valence electrons. The van der Waals surface area contributed by atoms with Gasteiger partial charge in [-0.3, -0.25) is 4.79 Å². The first-order chi connectivity index (χ1) is 8.48. The van der Waals surface area contributed by atoms with Gasteiger partial charge in [-0.1, -0.05) is 30.0 Å². The van der Waals surface area contributed by atoms with Crippen LogP contribution in [0.1, 0.15) is 19.4 Å². The zero-order valence-corrected chi connectivity index (χ0v) is 11.5. The normalized spacial score (nSPS) is 23.6. The lowest BCUT2D eigenvalue weighted by Gasteiger charge is -2.23. The molecule has 1 unspecified atom stereocenters.